The molecule has 7 heteroatoms. The van der Waals surface area contributed by atoms with E-state index in [1.807, 2.05) is 42.5 Å². The molecule has 0 bridgehead atoms. The van der Waals surface area contributed by atoms with E-state index in [2.05, 4.69) is 5.32 Å². The summed E-state index contributed by atoms with van der Waals surface area (Å²) in [6.45, 7) is 0.444. The minimum absolute atomic E-state index is 0.261. The fourth-order valence-electron chi connectivity index (χ4n) is 2.57. The Morgan fingerprint density at radius 2 is 1.61 bits per heavy atom. The number of para-hydroxylation sites is 3. The molecule has 146 valence electrons. The fraction of sp³-hybridized carbons (Fsp3) is 0.143. The van der Waals surface area contributed by atoms with Crippen LogP contribution in [-0.4, -0.2) is 26.8 Å². The van der Waals surface area contributed by atoms with Crippen molar-refractivity contribution in [2.45, 2.75) is 11.4 Å². The molecule has 0 saturated carbocycles. The first kappa shape index (κ1) is 20.2. The second kappa shape index (κ2) is 8.65. The van der Waals surface area contributed by atoms with Gasteiger partial charge in [-0.3, -0.25) is 0 Å². The van der Waals surface area contributed by atoms with Crippen LogP contribution < -0.4 is 10.1 Å². The number of hydrogen-bond donors (Lipinski definition) is 1. The lowest BCUT2D eigenvalue weighted by atomic mass is 10.2. The molecular formula is C21H21ClN2O3S. The predicted octanol–water partition coefficient (Wildman–Crippen LogP) is 4.99. The third-order valence-electron chi connectivity index (χ3n) is 4.10. The summed E-state index contributed by atoms with van der Waals surface area (Å²) >= 11 is 6.18. The summed E-state index contributed by atoms with van der Waals surface area (Å²) in [4.78, 5) is 0.261. The Morgan fingerprint density at radius 1 is 0.929 bits per heavy atom. The van der Waals surface area contributed by atoms with Crippen LogP contribution in [0.25, 0.3) is 0 Å². The summed E-state index contributed by atoms with van der Waals surface area (Å²) in [5.74, 6) is 1.20. The highest BCUT2D eigenvalue weighted by molar-refractivity contribution is 7.89. The van der Waals surface area contributed by atoms with E-state index in [1.165, 1.54) is 18.4 Å². The molecule has 3 aromatic rings. The summed E-state index contributed by atoms with van der Waals surface area (Å²) in [7, 11) is -0.437. The molecule has 0 fully saturated rings. The summed E-state index contributed by atoms with van der Waals surface area (Å²) in [5, 5.41) is 3.83. The van der Waals surface area contributed by atoms with E-state index in [9.17, 15) is 8.42 Å². The summed E-state index contributed by atoms with van der Waals surface area (Å²) in [5.41, 5.74) is 1.62. The van der Waals surface area contributed by atoms with Crippen molar-refractivity contribution in [1.82, 2.24) is 4.31 Å². The lowest BCUT2D eigenvalue weighted by Crippen LogP contribution is -2.22. The SMILES string of the molecule is CN(C)S(=O)(=O)c1cccc(CNc2ccccc2Oc2ccccc2Cl)c1. The van der Waals surface area contributed by atoms with Crippen LogP contribution in [0.15, 0.2) is 77.7 Å². The number of nitrogens with zero attached hydrogens (tertiary/aromatic N) is 1. The smallest absolute Gasteiger partial charge is 0.242 e. The highest BCUT2D eigenvalue weighted by Gasteiger charge is 2.17. The molecular weight excluding hydrogens is 396 g/mol. The van der Waals surface area contributed by atoms with Crippen LogP contribution >= 0.6 is 11.6 Å². The van der Waals surface area contributed by atoms with Crippen LogP contribution in [0.2, 0.25) is 5.02 Å². The Bertz CT molecular complexity index is 1070. The zero-order chi connectivity index (χ0) is 20.1. The average molecular weight is 417 g/mol. The van der Waals surface area contributed by atoms with Crippen molar-refractivity contribution < 1.29 is 13.2 Å². The summed E-state index contributed by atoms with van der Waals surface area (Å²) in [6, 6.07) is 21.6. The van der Waals surface area contributed by atoms with Gasteiger partial charge in [-0.15, -0.1) is 0 Å². The Balaban J connectivity index is 1.78. The minimum Gasteiger partial charge on any atom is -0.454 e. The fourth-order valence-corrected chi connectivity index (χ4v) is 3.72. The molecule has 0 saturated heterocycles. The van der Waals surface area contributed by atoms with Gasteiger partial charge in [-0.2, -0.15) is 0 Å². The Kier molecular flexibility index (Phi) is 6.24. The van der Waals surface area contributed by atoms with Crippen molar-refractivity contribution in [2.24, 2.45) is 0 Å². The quantitative estimate of drug-likeness (QED) is 0.589. The summed E-state index contributed by atoms with van der Waals surface area (Å²) in [6.07, 6.45) is 0. The lowest BCUT2D eigenvalue weighted by Gasteiger charge is -2.15. The van der Waals surface area contributed by atoms with Gasteiger partial charge in [0.25, 0.3) is 0 Å². The first-order chi connectivity index (χ1) is 13.4. The molecule has 0 spiro atoms. The molecule has 3 aromatic carbocycles. The first-order valence-electron chi connectivity index (χ1n) is 8.64. The molecule has 0 heterocycles. The van der Waals surface area contributed by atoms with Crippen LogP contribution in [0.3, 0.4) is 0 Å². The van der Waals surface area contributed by atoms with E-state index in [1.54, 1.807) is 30.3 Å². The van der Waals surface area contributed by atoms with Gasteiger partial charge in [0.15, 0.2) is 5.75 Å². The second-order valence-corrected chi connectivity index (χ2v) is 8.88. The van der Waals surface area contributed by atoms with Crippen molar-refractivity contribution in [1.29, 1.82) is 0 Å². The Morgan fingerprint density at radius 3 is 2.32 bits per heavy atom. The molecule has 0 radical (unpaired) electrons. The maximum atomic E-state index is 12.3. The molecule has 3 rings (SSSR count). The molecule has 5 nitrogen and oxygen atoms in total. The maximum Gasteiger partial charge on any atom is 0.242 e. The van der Waals surface area contributed by atoms with Crippen LogP contribution in [0, 0.1) is 0 Å². The van der Waals surface area contributed by atoms with Gasteiger partial charge in [0.2, 0.25) is 10.0 Å². The van der Waals surface area contributed by atoms with E-state index < -0.39 is 10.0 Å². The first-order valence-corrected chi connectivity index (χ1v) is 10.5. The van der Waals surface area contributed by atoms with Crippen LogP contribution in [0.4, 0.5) is 5.69 Å². The molecule has 0 aromatic heterocycles. The average Bonchev–Trinajstić information content (AvgIpc) is 2.69. The molecule has 0 aliphatic rings. The minimum atomic E-state index is -3.47. The zero-order valence-corrected chi connectivity index (χ0v) is 17.2. The van der Waals surface area contributed by atoms with Crippen molar-refractivity contribution in [3.8, 4) is 11.5 Å². The van der Waals surface area contributed by atoms with Crippen molar-refractivity contribution in [3.63, 3.8) is 0 Å². The molecule has 28 heavy (non-hydrogen) atoms. The number of ether oxygens (including phenoxy) is 1. The van der Waals surface area contributed by atoms with Crippen molar-refractivity contribution in [2.75, 3.05) is 19.4 Å². The van der Waals surface area contributed by atoms with Gasteiger partial charge in [-0.05, 0) is 42.0 Å². The molecule has 1 N–H and O–H groups in total. The van der Waals surface area contributed by atoms with Crippen LogP contribution in [0.5, 0.6) is 11.5 Å². The molecule has 0 aliphatic heterocycles. The molecule has 0 unspecified atom stereocenters. The Labute approximate surface area is 170 Å². The Hall–Kier alpha value is -2.54. The zero-order valence-electron chi connectivity index (χ0n) is 15.6. The van der Waals surface area contributed by atoms with Gasteiger partial charge in [0, 0.05) is 20.6 Å². The number of hydrogen-bond acceptors (Lipinski definition) is 4. The van der Waals surface area contributed by atoms with Gasteiger partial charge in [-0.25, -0.2) is 12.7 Å². The van der Waals surface area contributed by atoms with E-state index >= 15 is 0 Å². The lowest BCUT2D eigenvalue weighted by molar-refractivity contribution is 0.484. The number of rotatable bonds is 7. The van der Waals surface area contributed by atoms with Gasteiger partial charge >= 0.3 is 0 Å². The molecule has 0 amide bonds. The van der Waals surface area contributed by atoms with E-state index in [0.29, 0.717) is 23.1 Å². The highest BCUT2D eigenvalue weighted by atomic mass is 35.5. The van der Waals surface area contributed by atoms with Crippen LogP contribution in [0.1, 0.15) is 5.56 Å². The monoisotopic (exact) mass is 416 g/mol. The third kappa shape index (κ3) is 4.65. The second-order valence-electron chi connectivity index (χ2n) is 6.32. The topological polar surface area (TPSA) is 58.6 Å². The van der Waals surface area contributed by atoms with Gasteiger partial charge < -0.3 is 10.1 Å². The predicted molar refractivity (Wildman–Crippen MR) is 113 cm³/mol. The van der Waals surface area contributed by atoms with E-state index in [4.69, 9.17) is 16.3 Å². The van der Waals surface area contributed by atoms with Gasteiger partial charge in [0.1, 0.15) is 5.75 Å². The summed E-state index contributed by atoms with van der Waals surface area (Å²) < 4.78 is 31.8. The number of anilines is 1. The molecule has 0 atom stereocenters. The normalized spacial score (nSPS) is 11.4. The van der Waals surface area contributed by atoms with Gasteiger partial charge in [0.05, 0.1) is 15.6 Å². The van der Waals surface area contributed by atoms with Crippen molar-refractivity contribution >= 4 is 27.3 Å². The van der Waals surface area contributed by atoms with Crippen molar-refractivity contribution in [3.05, 3.63) is 83.4 Å². The number of sulfonamides is 1. The van der Waals surface area contributed by atoms with Gasteiger partial charge in [-0.1, -0.05) is 48.0 Å². The van der Waals surface area contributed by atoms with Crippen LogP contribution in [-0.2, 0) is 16.6 Å². The molecule has 0 aliphatic carbocycles. The largest absolute Gasteiger partial charge is 0.454 e. The van der Waals surface area contributed by atoms with E-state index in [-0.39, 0.29) is 4.90 Å². The number of nitrogens with one attached hydrogen (secondary N) is 1. The maximum absolute atomic E-state index is 12.3. The third-order valence-corrected chi connectivity index (χ3v) is 6.23. The standard InChI is InChI=1S/C21H21ClN2O3S/c1-24(2)28(25,26)17-9-7-8-16(14-17)15-23-19-11-4-6-13-21(19)27-20-12-5-3-10-18(20)22/h3-14,23H,15H2,1-2H3. The highest BCUT2D eigenvalue weighted by Crippen LogP contribution is 2.33. The number of benzene rings is 3. The van der Waals surface area contributed by atoms with E-state index in [0.717, 1.165) is 11.3 Å². The number of halogens is 1.